The fourth-order valence-electron chi connectivity index (χ4n) is 1.88. The van der Waals surface area contributed by atoms with Crippen molar-refractivity contribution in [3.8, 4) is 5.75 Å². The maximum atomic E-state index is 13.1. The smallest absolute Gasteiger partial charge is 0.387 e. The van der Waals surface area contributed by atoms with Crippen LogP contribution in [0.15, 0.2) is 42.5 Å². The van der Waals surface area contributed by atoms with Gasteiger partial charge in [0.1, 0.15) is 5.75 Å². The van der Waals surface area contributed by atoms with Gasteiger partial charge in [-0.05, 0) is 41.8 Å². The summed E-state index contributed by atoms with van der Waals surface area (Å²) in [5.74, 6) is -1.77. The molecule has 0 aliphatic rings. The van der Waals surface area contributed by atoms with Gasteiger partial charge in [0, 0.05) is 4.83 Å². The van der Waals surface area contributed by atoms with Crippen LogP contribution in [0.4, 0.5) is 17.6 Å². The first-order chi connectivity index (χ1) is 9.95. The van der Waals surface area contributed by atoms with Gasteiger partial charge in [0.05, 0.1) is 0 Å². The van der Waals surface area contributed by atoms with Gasteiger partial charge in [-0.2, -0.15) is 8.78 Å². The second-order valence-electron chi connectivity index (χ2n) is 4.37. The highest BCUT2D eigenvalue weighted by molar-refractivity contribution is 9.09. The van der Waals surface area contributed by atoms with Crippen LogP contribution in [0.2, 0.25) is 0 Å². The van der Waals surface area contributed by atoms with Gasteiger partial charge in [-0.25, -0.2) is 8.78 Å². The summed E-state index contributed by atoms with van der Waals surface area (Å²) in [6, 6.07) is 9.87. The van der Waals surface area contributed by atoms with Gasteiger partial charge < -0.3 is 4.74 Å². The van der Waals surface area contributed by atoms with Crippen molar-refractivity contribution in [1.82, 2.24) is 0 Å². The summed E-state index contributed by atoms with van der Waals surface area (Å²) in [7, 11) is 0. The summed E-state index contributed by atoms with van der Waals surface area (Å²) < 4.78 is 54.7. The maximum absolute atomic E-state index is 13.1. The summed E-state index contributed by atoms with van der Waals surface area (Å²) in [6.45, 7) is -2.89. The lowest BCUT2D eigenvalue weighted by Gasteiger charge is -2.12. The van der Waals surface area contributed by atoms with E-state index in [2.05, 4.69) is 20.7 Å². The van der Waals surface area contributed by atoms with Gasteiger partial charge in [-0.15, -0.1) is 0 Å². The van der Waals surface area contributed by atoms with Gasteiger partial charge in [-0.1, -0.05) is 34.1 Å². The SMILES string of the molecule is Fc1ccc(CC(Br)c2cccc(OC(F)F)c2)cc1F. The molecule has 1 nitrogen and oxygen atoms in total. The molecule has 2 aromatic carbocycles. The fourth-order valence-corrected chi connectivity index (χ4v) is 2.54. The average molecular weight is 363 g/mol. The van der Waals surface area contributed by atoms with Crippen LogP contribution in [0.1, 0.15) is 16.0 Å². The highest BCUT2D eigenvalue weighted by atomic mass is 79.9. The van der Waals surface area contributed by atoms with E-state index < -0.39 is 18.2 Å². The molecule has 1 atom stereocenters. The monoisotopic (exact) mass is 362 g/mol. The molecule has 21 heavy (non-hydrogen) atoms. The Balaban J connectivity index is 2.12. The standard InChI is InChI=1S/C15H11BrF4O/c16-12(6-9-4-5-13(17)14(18)7-9)10-2-1-3-11(8-10)21-15(19)20/h1-5,7-8,12,15H,6H2. The minimum absolute atomic E-state index is 0.0530. The van der Waals surface area contributed by atoms with E-state index in [4.69, 9.17) is 0 Å². The van der Waals surface area contributed by atoms with E-state index in [0.29, 0.717) is 17.5 Å². The van der Waals surface area contributed by atoms with E-state index in [-0.39, 0.29) is 10.6 Å². The van der Waals surface area contributed by atoms with Crippen LogP contribution in [0.25, 0.3) is 0 Å². The third-order valence-electron chi connectivity index (χ3n) is 2.84. The molecule has 112 valence electrons. The lowest BCUT2D eigenvalue weighted by molar-refractivity contribution is -0.0498. The zero-order valence-electron chi connectivity index (χ0n) is 10.7. The fraction of sp³-hybridized carbons (Fsp3) is 0.200. The highest BCUT2D eigenvalue weighted by Gasteiger charge is 2.12. The van der Waals surface area contributed by atoms with Crippen LogP contribution in [-0.2, 0) is 6.42 Å². The first-order valence-corrected chi connectivity index (χ1v) is 7.00. The number of benzene rings is 2. The zero-order chi connectivity index (χ0) is 15.4. The average Bonchev–Trinajstić information content (AvgIpc) is 2.42. The van der Waals surface area contributed by atoms with Gasteiger partial charge in [0.2, 0.25) is 0 Å². The first kappa shape index (κ1) is 15.8. The quantitative estimate of drug-likeness (QED) is 0.521. The van der Waals surface area contributed by atoms with Crippen LogP contribution in [0, 0.1) is 11.6 Å². The first-order valence-electron chi connectivity index (χ1n) is 6.08. The van der Waals surface area contributed by atoms with Gasteiger partial charge in [0.15, 0.2) is 11.6 Å². The van der Waals surface area contributed by atoms with Gasteiger partial charge >= 0.3 is 6.61 Å². The lowest BCUT2D eigenvalue weighted by Crippen LogP contribution is -2.03. The van der Waals surface area contributed by atoms with E-state index in [0.717, 1.165) is 12.1 Å². The molecule has 0 bridgehead atoms. The maximum Gasteiger partial charge on any atom is 0.387 e. The third kappa shape index (κ3) is 4.46. The summed E-state index contributed by atoms with van der Waals surface area (Å²) in [4.78, 5) is -0.233. The number of hydrogen-bond donors (Lipinski definition) is 0. The van der Waals surface area contributed by atoms with Crippen molar-refractivity contribution in [2.75, 3.05) is 0 Å². The summed E-state index contributed by atoms with van der Waals surface area (Å²) in [5.41, 5.74) is 1.30. The molecule has 0 aliphatic carbocycles. The largest absolute Gasteiger partial charge is 0.435 e. The van der Waals surface area contributed by atoms with Crippen LogP contribution in [0.5, 0.6) is 5.75 Å². The van der Waals surface area contributed by atoms with Crippen molar-refractivity contribution < 1.29 is 22.3 Å². The molecule has 6 heteroatoms. The van der Waals surface area contributed by atoms with Gasteiger partial charge in [0.25, 0.3) is 0 Å². The van der Waals surface area contributed by atoms with Crippen LogP contribution in [0.3, 0.4) is 0 Å². The topological polar surface area (TPSA) is 9.23 Å². The number of hydrogen-bond acceptors (Lipinski definition) is 1. The molecule has 0 aromatic heterocycles. The molecule has 0 saturated heterocycles. The van der Waals surface area contributed by atoms with Crippen LogP contribution < -0.4 is 4.74 Å². The molecule has 0 spiro atoms. The molecular weight excluding hydrogens is 352 g/mol. The van der Waals surface area contributed by atoms with Crippen LogP contribution in [-0.4, -0.2) is 6.61 Å². The van der Waals surface area contributed by atoms with E-state index >= 15 is 0 Å². The van der Waals surface area contributed by atoms with E-state index in [1.807, 2.05) is 0 Å². The molecule has 0 saturated carbocycles. The van der Waals surface area contributed by atoms with E-state index in [1.54, 1.807) is 12.1 Å². The second-order valence-corrected chi connectivity index (χ2v) is 5.48. The van der Waals surface area contributed by atoms with E-state index in [9.17, 15) is 17.6 Å². The molecule has 0 radical (unpaired) electrons. The predicted molar refractivity (Wildman–Crippen MR) is 74.8 cm³/mol. The Morgan fingerprint density at radius 1 is 1.00 bits per heavy atom. The van der Waals surface area contributed by atoms with Crippen molar-refractivity contribution in [1.29, 1.82) is 0 Å². The molecular formula is C15H11BrF4O. The Morgan fingerprint density at radius 2 is 1.76 bits per heavy atom. The van der Waals surface area contributed by atoms with Crippen LogP contribution >= 0.6 is 15.9 Å². The Bertz CT molecular complexity index is 618. The normalized spacial score (nSPS) is 12.5. The van der Waals surface area contributed by atoms with Crippen molar-refractivity contribution in [2.24, 2.45) is 0 Å². The number of halogens is 5. The number of alkyl halides is 3. The minimum atomic E-state index is -2.89. The lowest BCUT2D eigenvalue weighted by atomic mass is 10.0. The molecule has 0 heterocycles. The highest BCUT2D eigenvalue weighted by Crippen LogP contribution is 2.30. The third-order valence-corrected chi connectivity index (χ3v) is 3.70. The number of ether oxygens (including phenoxy) is 1. The van der Waals surface area contributed by atoms with E-state index in [1.165, 1.54) is 18.2 Å². The predicted octanol–water partition coefficient (Wildman–Crippen LogP) is 5.24. The molecule has 0 amide bonds. The molecule has 0 N–H and O–H groups in total. The summed E-state index contributed by atoms with van der Waals surface area (Å²) >= 11 is 3.41. The Hall–Kier alpha value is -1.56. The van der Waals surface area contributed by atoms with Crippen molar-refractivity contribution >= 4 is 15.9 Å². The van der Waals surface area contributed by atoms with Crippen molar-refractivity contribution in [3.63, 3.8) is 0 Å². The molecule has 1 unspecified atom stereocenters. The Morgan fingerprint density at radius 3 is 2.43 bits per heavy atom. The molecule has 0 fully saturated rings. The molecule has 2 rings (SSSR count). The Labute approximate surface area is 127 Å². The van der Waals surface area contributed by atoms with Crippen molar-refractivity contribution in [2.45, 2.75) is 17.9 Å². The zero-order valence-corrected chi connectivity index (χ0v) is 12.3. The second kappa shape index (κ2) is 6.93. The number of rotatable bonds is 5. The van der Waals surface area contributed by atoms with Gasteiger partial charge in [-0.3, -0.25) is 0 Å². The van der Waals surface area contributed by atoms with Crippen molar-refractivity contribution in [3.05, 3.63) is 65.2 Å². The molecule has 2 aromatic rings. The molecule has 0 aliphatic heterocycles. The summed E-state index contributed by atoms with van der Waals surface area (Å²) in [6.07, 6.45) is 0.384. The Kier molecular flexibility index (Phi) is 5.22. The summed E-state index contributed by atoms with van der Waals surface area (Å²) in [5, 5.41) is 0. The minimum Gasteiger partial charge on any atom is -0.435 e.